The highest BCUT2D eigenvalue weighted by Gasteiger charge is 2.16. The molecular formula is C14H13N3O2S2. The fourth-order valence-electron chi connectivity index (χ4n) is 1.95. The van der Waals surface area contributed by atoms with Crippen molar-refractivity contribution in [2.75, 3.05) is 4.72 Å². The van der Waals surface area contributed by atoms with E-state index in [-0.39, 0.29) is 4.90 Å². The van der Waals surface area contributed by atoms with Gasteiger partial charge in [0, 0.05) is 22.2 Å². The van der Waals surface area contributed by atoms with E-state index in [4.69, 9.17) is 5.73 Å². The predicted octanol–water partition coefficient (Wildman–Crippen LogP) is 2.56. The summed E-state index contributed by atoms with van der Waals surface area (Å²) in [6, 6.07) is 10.9. The molecule has 0 saturated heterocycles. The van der Waals surface area contributed by atoms with E-state index in [0.717, 1.165) is 15.8 Å². The molecule has 5 nitrogen and oxygen atoms in total. The Hall–Kier alpha value is -1.96. The molecule has 0 saturated carbocycles. The molecule has 0 unspecified atom stereocenters. The maximum atomic E-state index is 12.3. The van der Waals surface area contributed by atoms with Crippen LogP contribution in [0.2, 0.25) is 0 Å². The number of pyridine rings is 1. The fraction of sp³-hybridized carbons (Fsp3) is 0.0714. The highest BCUT2D eigenvalue weighted by Crippen LogP contribution is 2.23. The van der Waals surface area contributed by atoms with Gasteiger partial charge in [-0.3, -0.25) is 9.71 Å². The van der Waals surface area contributed by atoms with Crippen LogP contribution in [-0.2, 0) is 16.6 Å². The summed E-state index contributed by atoms with van der Waals surface area (Å²) >= 11 is 1.33. The van der Waals surface area contributed by atoms with Gasteiger partial charge in [-0.25, -0.2) is 8.42 Å². The fourth-order valence-corrected chi connectivity index (χ4v) is 4.14. The van der Waals surface area contributed by atoms with E-state index in [9.17, 15) is 8.42 Å². The number of thiophene rings is 1. The maximum absolute atomic E-state index is 12.3. The number of hydrogen-bond donors (Lipinski definition) is 2. The zero-order valence-corrected chi connectivity index (χ0v) is 12.6. The molecule has 0 bridgehead atoms. The third-order valence-corrected chi connectivity index (χ3v) is 5.45. The van der Waals surface area contributed by atoms with Crippen molar-refractivity contribution in [3.63, 3.8) is 0 Å². The maximum Gasteiger partial charge on any atom is 0.262 e. The van der Waals surface area contributed by atoms with Crippen LogP contribution in [0.3, 0.4) is 0 Å². The SMILES string of the molecule is NCc1cc(S(=O)(=O)Nc2cnc3ccccc3c2)cs1. The summed E-state index contributed by atoms with van der Waals surface area (Å²) in [7, 11) is -3.61. The van der Waals surface area contributed by atoms with Gasteiger partial charge in [0.1, 0.15) is 0 Å². The molecule has 3 N–H and O–H groups in total. The third-order valence-electron chi connectivity index (χ3n) is 2.98. The van der Waals surface area contributed by atoms with Crippen LogP contribution in [0.4, 0.5) is 5.69 Å². The van der Waals surface area contributed by atoms with Crippen LogP contribution in [-0.4, -0.2) is 13.4 Å². The minimum Gasteiger partial charge on any atom is -0.326 e. The summed E-state index contributed by atoms with van der Waals surface area (Å²) in [5, 5.41) is 2.46. The third kappa shape index (κ3) is 2.90. The van der Waals surface area contributed by atoms with Crippen LogP contribution in [0.1, 0.15) is 4.88 Å². The largest absolute Gasteiger partial charge is 0.326 e. The number of hydrogen-bond acceptors (Lipinski definition) is 5. The zero-order chi connectivity index (χ0) is 14.9. The Bertz CT molecular complexity index is 888. The molecule has 0 amide bonds. The number of nitrogens with two attached hydrogens (primary N) is 1. The Morgan fingerprint density at radius 1 is 1.24 bits per heavy atom. The van der Waals surface area contributed by atoms with Gasteiger partial charge >= 0.3 is 0 Å². The van der Waals surface area contributed by atoms with Gasteiger partial charge < -0.3 is 5.73 Å². The molecule has 0 atom stereocenters. The number of para-hydroxylation sites is 1. The number of sulfonamides is 1. The lowest BCUT2D eigenvalue weighted by Gasteiger charge is -2.07. The van der Waals surface area contributed by atoms with Crippen LogP contribution in [0, 0.1) is 0 Å². The first-order chi connectivity index (χ1) is 10.1. The Balaban J connectivity index is 1.93. The van der Waals surface area contributed by atoms with Gasteiger partial charge in [0.05, 0.1) is 22.3 Å². The van der Waals surface area contributed by atoms with E-state index in [2.05, 4.69) is 9.71 Å². The van der Waals surface area contributed by atoms with Crippen molar-refractivity contribution < 1.29 is 8.42 Å². The first-order valence-corrected chi connectivity index (χ1v) is 8.60. The smallest absolute Gasteiger partial charge is 0.262 e. The van der Waals surface area contributed by atoms with Crippen LogP contribution in [0.25, 0.3) is 10.9 Å². The lowest BCUT2D eigenvalue weighted by atomic mass is 10.2. The molecule has 1 aromatic carbocycles. The van der Waals surface area contributed by atoms with E-state index in [1.165, 1.54) is 17.5 Å². The number of nitrogens with zero attached hydrogens (tertiary/aromatic N) is 1. The second kappa shape index (κ2) is 5.44. The molecule has 0 radical (unpaired) electrons. The molecule has 2 heterocycles. The van der Waals surface area contributed by atoms with Crippen molar-refractivity contribution in [1.29, 1.82) is 0 Å². The van der Waals surface area contributed by atoms with E-state index in [0.29, 0.717) is 12.2 Å². The molecule has 0 aliphatic carbocycles. The summed E-state index contributed by atoms with van der Waals surface area (Å²) in [6.45, 7) is 0.331. The topological polar surface area (TPSA) is 85.1 Å². The standard InChI is InChI=1S/C14H13N3O2S2/c15-7-12-6-13(9-20-12)21(18,19)17-11-5-10-3-1-2-4-14(10)16-8-11/h1-6,8-9,17H,7,15H2. The van der Waals surface area contributed by atoms with Crippen molar-refractivity contribution >= 4 is 38.0 Å². The van der Waals surface area contributed by atoms with Crippen molar-refractivity contribution in [1.82, 2.24) is 4.98 Å². The van der Waals surface area contributed by atoms with Crippen LogP contribution in [0.5, 0.6) is 0 Å². The summed E-state index contributed by atoms with van der Waals surface area (Å²) in [4.78, 5) is 5.29. The number of nitrogens with one attached hydrogen (secondary N) is 1. The van der Waals surface area contributed by atoms with E-state index in [1.54, 1.807) is 17.5 Å². The molecule has 3 aromatic rings. The van der Waals surface area contributed by atoms with Gasteiger partial charge in [-0.15, -0.1) is 11.3 Å². The average molecular weight is 319 g/mol. The van der Waals surface area contributed by atoms with Crippen molar-refractivity contribution in [2.24, 2.45) is 5.73 Å². The molecule has 7 heteroatoms. The van der Waals surface area contributed by atoms with Gasteiger partial charge in [-0.05, 0) is 18.2 Å². The summed E-state index contributed by atoms with van der Waals surface area (Å²) in [5.41, 5.74) is 6.77. The summed E-state index contributed by atoms with van der Waals surface area (Å²) in [6.07, 6.45) is 1.51. The zero-order valence-electron chi connectivity index (χ0n) is 11.0. The van der Waals surface area contributed by atoms with E-state index >= 15 is 0 Å². The van der Waals surface area contributed by atoms with Crippen LogP contribution in [0.15, 0.2) is 52.9 Å². The number of benzene rings is 1. The molecule has 21 heavy (non-hydrogen) atoms. The lowest BCUT2D eigenvalue weighted by molar-refractivity contribution is 0.601. The molecule has 0 spiro atoms. The molecule has 108 valence electrons. The van der Waals surface area contributed by atoms with Crippen LogP contribution >= 0.6 is 11.3 Å². The highest BCUT2D eigenvalue weighted by molar-refractivity contribution is 7.92. The van der Waals surface area contributed by atoms with Gasteiger partial charge in [-0.1, -0.05) is 18.2 Å². The second-order valence-corrected chi connectivity index (χ2v) is 7.15. The Morgan fingerprint density at radius 2 is 2.05 bits per heavy atom. The van der Waals surface area contributed by atoms with Crippen molar-refractivity contribution in [3.05, 3.63) is 52.9 Å². The minimum atomic E-state index is -3.61. The van der Waals surface area contributed by atoms with E-state index in [1.807, 2.05) is 24.3 Å². The molecular weight excluding hydrogens is 306 g/mol. The predicted molar refractivity (Wildman–Crippen MR) is 84.8 cm³/mol. The number of rotatable bonds is 4. The first-order valence-electron chi connectivity index (χ1n) is 6.23. The molecule has 2 aromatic heterocycles. The monoisotopic (exact) mass is 319 g/mol. The highest BCUT2D eigenvalue weighted by atomic mass is 32.2. The number of aromatic nitrogens is 1. The Kier molecular flexibility index (Phi) is 3.62. The Labute approximate surface area is 126 Å². The lowest BCUT2D eigenvalue weighted by Crippen LogP contribution is -2.12. The number of fused-ring (bicyclic) bond motifs is 1. The molecule has 0 fully saturated rings. The van der Waals surface area contributed by atoms with Gasteiger partial charge in [0.25, 0.3) is 10.0 Å². The van der Waals surface area contributed by atoms with Crippen LogP contribution < -0.4 is 10.5 Å². The number of anilines is 1. The van der Waals surface area contributed by atoms with Gasteiger partial charge in [0.15, 0.2) is 0 Å². The minimum absolute atomic E-state index is 0.223. The first kappa shape index (κ1) is 14.0. The average Bonchev–Trinajstić information content (AvgIpc) is 2.96. The molecule has 0 aliphatic rings. The second-order valence-electron chi connectivity index (χ2n) is 4.48. The quantitative estimate of drug-likeness (QED) is 0.774. The van der Waals surface area contributed by atoms with Crippen molar-refractivity contribution in [3.8, 4) is 0 Å². The molecule has 0 aliphatic heterocycles. The molecule has 3 rings (SSSR count). The summed E-state index contributed by atoms with van der Waals surface area (Å²) < 4.78 is 27.1. The summed E-state index contributed by atoms with van der Waals surface area (Å²) in [5.74, 6) is 0. The van der Waals surface area contributed by atoms with E-state index < -0.39 is 10.0 Å². The van der Waals surface area contributed by atoms with Gasteiger partial charge in [-0.2, -0.15) is 0 Å². The van der Waals surface area contributed by atoms with Gasteiger partial charge in [0.2, 0.25) is 0 Å². The normalized spacial score (nSPS) is 11.7. The Morgan fingerprint density at radius 3 is 2.81 bits per heavy atom. The van der Waals surface area contributed by atoms with Crippen molar-refractivity contribution in [2.45, 2.75) is 11.4 Å².